The van der Waals surface area contributed by atoms with Crippen LogP contribution >= 0.6 is 0 Å². The van der Waals surface area contributed by atoms with Crippen molar-refractivity contribution in [1.29, 1.82) is 0 Å². The Hall–Kier alpha value is -1.10. The van der Waals surface area contributed by atoms with Gasteiger partial charge in [0.15, 0.2) is 0 Å². The average molecular weight is 269 g/mol. The Bertz CT molecular complexity index is 312. The van der Waals surface area contributed by atoms with Crippen molar-refractivity contribution in [3.63, 3.8) is 0 Å². The van der Waals surface area contributed by atoms with Crippen LogP contribution in [0.1, 0.15) is 40.0 Å². The summed E-state index contributed by atoms with van der Waals surface area (Å²) in [6.45, 7) is 7.95. The fraction of sp³-hybridized carbons (Fsp3) is 0.857. The van der Waals surface area contributed by atoms with Crippen LogP contribution in [0.15, 0.2) is 0 Å². The highest BCUT2D eigenvalue weighted by atomic mass is 16.2. The Labute approximate surface area is 115 Å². The van der Waals surface area contributed by atoms with E-state index in [1.165, 1.54) is 0 Å². The number of nitrogens with one attached hydrogen (secondary N) is 2. The molecule has 1 aliphatic rings. The van der Waals surface area contributed by atoms with Gasteiger partial charge in [-0.15, -0.1) is 0 Å². The first kappa shape index (κ1) is 16.0. The molecule has 1 saturated heterocycles. The summed E-state index contributed by atoms with van der Waals surface area (Å²) in [6, 6.07) is -0.562. The van der Waals surface area contributed by atoms with Crippen molar-refractivity contribution >= 4 is 11.8 Å². The van der Waals surface area contributed by atoms with Crippen molar-refractivity contribution in [2.24, 2.45) is 23.5 Å². The number of carbonyl (C=O) groups excluding carboxylic acids is 2. The van der Waals surface area contributed by atoms with Gasteiger partial charge in [0, 0.05) is 6.42 Å². The van der Waals surface area contributed by atoms with Crippen LogP contribution < -0.4 is 16.4 Å². The maximum atomic E-state index is 12.0. The van der Waals surface area contributed by atoms with Gasteiger partial charge in [-0.3, -0.25) is 9.59 Å². The number of hydrogen-bond donors (Lipinski definition) is 3. The Kier molecular flexibility index (Phi) is 6.28. The highest BCUT2D eigenvalue weighted by Gasteiger charge is 2.25. The van der Waals surface area contributed by atoms with Crippen LogP contribution in [0, 0.1) is 17.8 Å². The van der Waals surface area contributed by atoms with E-state index in [-0.39, 0.29) is 11.8 Å². The molecule has 110 valence electrons. The van der Waals surface area contributed by atoms with Crippen LogP contribution in [0.25, 0.3) is 0 Å². The number of piperidine rings is 1. The third-order valence-corrected chi connectivity index (χ3v) is 3.99. The first-order valence-corrected chi connectivity index (χ1v) is 7.21. The van der Waals surface area contributed by atoms with Crippen molar-refractivity contribution in [2.75, 3.05) is 13.1 Å². The molecule has 0 saturated carbocycles. The quantitative estimate of drug-likeness (QED) is 0.661. The van der Waals surface area contributed by atoms with Gasteiger partial charge in [-0.2, -0.15) is 0 Å². The van der Waals surface area contributed by atoms with Gasteiger partial charge in [0.05, 0.1) is 0 Å². The lowest BCUT2D eigenvalue weighted by atomic mass is 9.84. The van der Waals surface area contributed by atoms with Crippen LogP contribution in [0.2, 0.25) is 0 Å². The molecule has 0 bridgehead atoms. The van der Waals surface area contributed by atoms with Crippen molar-refractivity contribution in [3.8, 4) is 0 Å². The van der Waals surface area contributed by atoms with E-state index in [9.17, 15) is 9.59 Å². The van der Waals surface area contributed by atoms with Crippen LogP contribution in [-0.2, 0) is 9.59 Å². The molecule has 5 nitrogen and oxygen atoms in total. The summed E-state index contributed by atoms with van der Waals surface area (Å²) in [4.78, 5) is 23.2. The molecule has 2 atom stereocenters. The predicted octanol–water partition coefficient (Wildman–Crippen LogP) is 0.638. The van der Waals surface area contributed by atoms with E-state index in [1.54, 1.807) is 0 Å². The van der Waals surface area contributed by atoms with E-state index < -0.39 is 11.9 Å². The van der Waals surface area contributed by atoms with E-state index in [0.29, 0.717) is 18.3 Å². The minimum absolute atomic E-state index is 0.0237. The second-order valence-electron chi connectivity index (χ2n) is 5.96. The summed E-state index contributed by atoms with van der Waals surface area (Å²) >= 11 is 0. The van der Waals surface area contributed by atoms with Crippen LogP contribution in [-0.4, -0.2) is 30.9 Å². The summed E-state index contributed by atoms with van der Waals surface area (Å²) in [5.74, 6) is 0.443. The van der Waals surface area contributed by atoms with Gasteiger partial charge >= 0.3 is 0 Å². The monoisotopic (exact) mass is 269 g/mol. The average Bonchev–Trinajstić information content (AvgIpc) is 2.36. The molecule has 1 aliphatic heterocycles. The molecule has 1 rings (SSSR count). The molecule has 4 N–H and O–H groups in total. The van der Waals surface area contributed by atoms with Gasteiger partial charge in [0.25, 0.3) is 0 Å². The number of amides is 2. The lowest BCUT2D eigenvalue weighted by Crippen LogP contribution is -2.48. The third-order valence-electron chi connectivity index (χ3n) is 3.99. The summed E-state index contributed by atoms with van der Waals surface area (Å²) in [6.07, 6.45) is 2.72. The molecule has 2 unspecified atom stereocenters. The summed E-state index contributed by atoms with van der Waals surface area (Å²) in [7, 11) is 0. The molecule has 0 aromatic rings. The highest BCUT2D eigenvalue weighted by Crippen LogP contribution is 2.24. The molecule has 1 fully saturated rings. The third kappa shape index (κ3) is 5.19. The zero-order chi connectivity index (χ0) is 14.4. The lowest BCUT2D eigenvalue weighted by Gasteiger charge is -2.28. The number of nitrogens with two attached hydrogens (primary N) is 1. The smallest absolute Gasteiger partial charge is 0.240 e. The molecular weight excluding hydrogens is 242 g/mol. The number of hydrogen-bond acceptors (Lipinski definition) is 3. The summed E-state index contributed by atoms with van der Waals surface area (Å²) < 4.78 is 0. The molecule has 0 radical (unpaired) electrons. The Morgan fingerprint density at radius 3 is 2.32 bits per heavy atom. The largest absolute Gasteiger partial charge is 0.368 e. The molecule has 0 aromatic carbocycles. The van der Waals surface area contributed by atoms with E-state index in [1.807, 2.05) is 13.8 Å². The maximum Gasteiger partial charge on any atom is 0.240 e. The predicted molar refractivity (Wildman–Crippen MR) is 75.3 cm³/mol. The molecule has 0 aliphatic carbocycles. The van der Waals surface area contributed by atoms with Crippen molar-refractivity contribution < 1.29 is 9.59 Å². The van der Waals surface area contributed by atoms with Gasteiger partial charge in [-0.05, 0) is 43.7 Å². The topological polar surface area (TPSA) is 84.2 Å². The Morgan fingerprint density at radius 1 is 1.26 bits per heavy atom. The fourth-order valence-corrected chi connectivity index (χ4v) is 2.67. The minimum Gasteiger partial charge on any atom is -0.368 e. The number of carbonyl (C=O) groups is 2. The zero-order valence-corrected chi connectivity index (χ0v) is 12.2. The van der Waals surface area contributed by atoms with E-state index >= 15 is 0 Å². The molecule has 2 amide bonds. The molecule has 0 spiro atoms. The fourth-order valence-electron chi connectivity index (χ4n) is 2.67. The second kappa shape index (κ2) is 7.48. The number of primary amides is 1. The Morgan fingerprint density at radius 2 is 1.84 bits per heavy atom. The molecule has 19 heavy (non-hydrogen) atoms. The standard InChI is InChI=1S/C14H27N3O2/c1-9(2)13(14(15)19)17-12(18)8-10(3)11-4-6-16-7-5-11/h9-11,13,16H,4-8H2,1-3H3,(H2,15,19)(H,17,18). The van der Waals surface area contributed by atoms with E-state index in [4.69, 9.17) is 5.73 Å². The van der Waals surface area contributed by atoms with E-state index in [0.717, 1.165) is 25.9 Å². The highest BCUT2D eigenvalue weighted by molar-refractivity contribution is 5.86. The Balaban J connectivity index is 2.42. The van der Waals surface area contributed by atoms with Gasteiger partial charge in [0.1, 0.15) is 6.04 Å². The van der Waals surface area contributed by atoms with Gasteiger partial charge in [-0.25, -0.2) is 0 Å². The summed E-state index contributed by atoms with van der Waals surface area (Å²) in [5.41, 5.74) is 5.30. The van der Waals surface area contributed by atoms with Crippen LogP contribution in [0.5, 0.6) is 0 Å². The SMILES string of the molecule is CC(C)C(NC(=O)CC(C)C1CCNCC1)C(N)=O. The molecule has 0 aromatic heterocycles. The molecule has 5 heteroatoms. The van der Waals surface area contributed by atoms with Gasteiger partial charge in [0.2, 0.25) is 11.8 Å². The first-order chi connectivity index (χ1) is 8.91. The minimum atomic E-state index is -0.562. The van der Waals surface area contributed by atoms with Crippen molar-refractivity contribution in [1.82, 2.24) is 10.6 Å². The van der Waals surface area contributed by atoms with Crippen molar-refractivity contribution in [2.45, 2.75) is 46.1 Å². The van der Waals surface area contributed by atoms with Gasteiger partial charge < -0.3 is 16.4 Å². The zero-order valence-electron chi connectivity index (χ0n) is 12.2. The second-order valence-corrected chi connectivity index (χ2v) is 5.96. The van der Waals surface area contributed by atoms with Crippen LogP contribution in [0.3, 0.4) is 0 Å². The molecular formula is C14H27N3O2. The van der Waals surface area contributed by atoms with E-state index in [2.05, 4.69) is 17.6 Å². The number of rotatable bonds is 6. The maximum absolute atomic E-state index is 12.0. The van der Waals surface area contributed by atoms with Gasteiger partial charge in [-0.1, -0.05) is 20.8 Å². The first-order valence-electron chi connectivity index (χ1n) is 7.21. The lowest BCUT2D eigenvalue weighted by molar-refractivity contribution is -0.129. The molecule has 1 heterocycles. The summed E-state index contributed by atoms with van der Waals surface area (Å²) in [5, 5.41) is 6.08. The van der Waals surface area contributed by atoms with Crippen LogP contribution in [0.4, 0.5) is 0 Å². The normalized spacial score (nSPS) is 20.0. The van der Waals surface area contributed by atoms with Crippen molar-refractivity contribution in [3.05, 3.63) is 0 Å².